The third-order valence-corrected chi connectivity index (χ3v) is 1.98. The quantitative estimate of drug-likeness (QED) is 0.261. The van der Waals surface area contributed by atoms with E-state index >= 15 is 0 Å². The number of esters is 1. The van der Waals surface area contributed by atoms with Gasteiger partial charge in [-0.1, -0.05) is 0 Å². The summed E-state index contributed by atoms with van der Waals surface area (Å²) < 4.78 is 4.88. The van der Waals surface area contributed by atoms with Crippen molar-refractivity contribution in [3.05, 3.63) is 34.4 Å². The summed E-state index contributed by atoms with van der Waals surface area (Å²) in [6.45, 7) is 1.40. The Bertz CT molecular complexity index is 477. The van der Waals surface area contributed by atoms with Crippen LogP contribution >= 0.6 is 0 Å². The molecule has 0 fully saturated rings. The van der Waals surface area contributed by atoms with E-state index in [0.29, 0.717) is 0 Å². The number of nitro groups is 1. The Morgan fingerprint density at radius 1 is 1.37 bits per heavy atom. The Balaban J connectivity index is 0.00000324. The maximum atomic E-state index is 11.4. The zero-order valence-corrected chi connectivity index (χ0v) is 9.45. The number of ether oxygens (including phenoxy) is 1. The molecule has 3 N–H and O–H groups in total. The number of carbonyl (C=O) groups is 2. The number of nitrogens with two attached hydrogens (primary N) is 1. The molecule has 9 heteroatoms. The molecule has 0 radical (unpaired) electrons. The number of urea groups is 1. The summed E-state index contributed by atoms with van der Waals surface area (Å²) in [5.74, 6) is -0.577. The molecule has 0 heterocycles. The fourth-order valence-corrected chi connectivity index (χ4v) is 1.11. The average Bonchev–Trinajstić information content (AvgIpc) is 2.28. The van der Waals surface area contributed by atoms with Gasteiger partial charge in [-0.25, -0.2) is 9.59 Å². The van der Waals surface area contributed by atoms with Gasteiger partial charge in [0.1, 0.15) is 11.8 Å². The predicted octanol–water partition coefficient (Wildman–Crippen LogP) is -0.0915. The van der Waals surface area contributed by atoms with Crippen molar-refractivity contribution in [2.75, 3.05) is 0 Å². The molecular weight excluding hydrogens is 265 g/mol. The Labute approximate surface area is 130 Å². The molecule has 0 aliphatic carbocycles. The Kier molecular flexibility index (Phi) is 7.05. The second-order valence-electron chi connectivity index (χ2n) is 3.40. The van der Waals surface area contributed by atoms with Crippen LogP contribution in [0.15, 0.2) is 24.3 Å². The van der Waals surface area contributed by atoms with Crippen LogP contribution in [0.5, 0.6) is 5.75 Å². The molecule has 0 saturated carbocycles. The minimum absolute atomic E-state index is 0. The molecule has 1 atom stereocenters. The summed E-state index contributed by atoms with van der Waals surface area (Å²) in [6.07, 6.45) is 0. The number of nitrogens with zero attached hydrogens (tertiary/aromatic N) is 1. The first-order valence-corrected chi connectivity index (χ1v) is 4.92. The Morgan fingerprint density at radius 2 is 1.89 bits per heavy atom. The second-order valence-corrected chi connectivity index (χ2v) is 3.40. The van der Waals surface area contributed by atoms with Crippen molar-refractivity contribution in [1.82, 2.24) is 5.32 Å². The summed E-state index contributed by atoms with van der Waals surface area (Å²) >= 11 is 0. The van der Waals surface area contributed by atoms with Crippen LogP contribution in [0.25, 0.3) is 0 Å². The molecule has 98 valence electrons. The molecular formula is C10H12N3NaO5. The van der Waals surface area contributed by atoms with E-state index in [-0.39, 0.29) is 41.0 Å². The van der Waals surface area contributed by atoms with Gasteiger partial charge in [-0.3, -0.25) is 10.1 Å². The fourth-order valence-electron chi connectivity index (χ4n) is 1.11. The number of benzene rings is 1. The third kappa shape index (κ3) is 5.69. The van der Waals surface area contributed by atoms with E-state index in [4.69, 9.17) is 10.5 Å². The number of amides is 2. The van der Waals surface area contributed by atoms with E-state index in [1.165, 1.54) is 31.2 Å². The molecule has 1 aromatic rings. The summed E-state index contributed by atoms with van der Waals surface area (Å²) in [7, 11) is 0. The molecule has 0 aliphatic rings. The van der Waals surface area contributed by atoms with Gasteiger partial charge in [0.25, 0.3) is 5.69 Å². The van der Waals surface area contributed by atoms with Crippen LogP contribution in [0.3, 0.4) is 0 Å². The second kappa shape index (κ2) is 7.72. The van der Waals surface area contributed by atoms with Crippen LogP contribution in [0.4, 0.5) is 10.5 Å². The van der Waals surface area contributed by atoms with Gasteiger partial charge in [0.2, 0.25) is 0 Å². The van der Waals surface area contributed by atoms with Gasteiger partial charge in [0.15, 0.2) is 0 Å². The first-order valence-electron chi connectivity index (χ1n) is 4.92. The molecule has 0 spiro atoms. The zero-order chi connectivity index (χ0) is 13.7. The third-order valence-electron chi connectivity index (χ3n) is 1.98. The van der Waals surface area contributed by atoms with Gasteiger partial charge in [-0.05, 0) is 19.1 Å². The summed E-state index contributed by atoms with van der Waals surface area (Å²) in [5, 5.41) is 12.5. The van der Waals surface area contributed by atoms with Gasteiger partial charge in [-0.2, -0.15) is 0 Å². The Hall–Kier alpha value is -1.64. The molecule has 2 amide bonds. The average molecular weight is 277 g/mol. The van der Waals surface area contributed by atoms with Gasteiger partial charge in [0, 0.05) is 12.1 Å². The van der Waals surface area contributed by atoms with E-state index < -0.39 is 23.0 Å². The molecule has 1 unspecified atom stereocenters. The van der Waals surface area contributed by atoms with Crippen LogP contribution in [0, 0.1) is 10.1 Å². The summed E-state index contributed by atoms with van der Waals surface area (Å²) in [5.41, 5.74) is 4.73. The molecule has 1 rings (SSSR count). The number of hydrogen-bond acceptors (Lipinski definition) is 5. The van der Waals surface area contributed by atoms with Gasteiger partial charge < -0.3 is 15.8 Å². The molecule has 0 saturated heterocycles. The van der Waals surface area contributed by atoms with E-state index in [0.717, 1.165) is 0 Å². The SMILES string of the molecule is CC(NC(N)=O)C(=O)Oc1ccc([N+](=O)[O-])cc1.[NaH]. The van der Waals surface area contributed by atoms with Crippen molar-refractivity contribution in [2.45, 2.75) is 13.0 Å². The van der Waals surface area contributed by atoms with Crippen molar-refractivity contribution in [3.8, 4) is 5.75 Å². The van der Waals surface area contributed by atoms with Crippen LogP contribution in [0.2, 0.25) is 0 Å². The fraction of sp³-hybridized carbons (Fsp3) is 0.200. The number of non-ortho nitro benzene ring substituents is 1. The number of hydrogen-bond donors (Lipinski definition) is 2. The minimum atomic E-state index is -0.905. The molecule has 8 nitrogen and oxygen atoms in total. The van der Waals surface area contributed by atoms with Gasteiger partial charge in [0.05, 0.1) is 4.92 Å². The monoisotopic (exact) mass is 277 g/mol. The number of primary amides is 1. The van der Waals surface area contributed by atoms with Crippen LogP contribution in [-0.2, 0) is 4.79 Å². The summed E-state index contributed by atoms with van der Waals surface area (Å²) in [4.78, 5) is 31.8. The van der Waals surface area contributed by atoms with E-state index in [9.17, 15) is 19.7 Å². The summed E-state index contributed by atoms with van der Waals surface area (Å²) in [6, 6.07) is 3.23. The normalized spacial score (nSPS) is 10.8. The van der Waals surface area contributed by atoms with Crippen LogP contribution in [-0.4, -0.2) is 52.5 Å². The van der Waals surface area contributed by atoms with Crippen molar-refractivity contribution < 1.29 is 19.2 Å². The van der Waals surface area contributed by atoms with Crippen molar-refractivity contribution >= 4 is 47.2 Å². The Morgan fingerprint density at radius 3 is 2.32 bits per heavy atom. The van der Waals surface area contributed by atoms with Crippen LogP contribution < -0.4 is 15.8 Å². The van der Waals surface area contributed by atoms with E-state index in [1.54, 1.807) is 0 Å². The van der Waals surface area contributed by atoms with Gasteiger partial charge in [-0.15, -0.1) is 0 Å². The first-order chi connectivity index (χ1) is 8.40. The standard InChI is InChI=1S/C10H11N3O5.Na.H/c1-6(12-10(11)15)9(14)18-8-4-2-7(3-5-8)13(16)17;;/h2-6H,1H3,(H3,11,12,15);;. The molecule has 1 aromatic carbocycles. The predicted molar refractivity (Wildman–Crippen MR) is 68.1 cm³/mol. The van der Waals surface area contributed by atoms with Crippen molar-refractivity contribution in [2.24, 2.45) is 5.73 Å². The first kappa shape index (κ1) is 17.4. The topological polar surface area (TPSA) is 125 Å². The molecule has 0 bridgehead atoms. The van der Waals surface area contributed by atoms with Crippen molar-refractivity contribution in [3.63, 3.8) is 0 Å². The maximum absolute atomic E-state index is 11.4. The number of nitrogens with one attached hydrogen (secondary N) is 1. The molecule has 0 aliphatic heterocycles. The van der Waals surface area contributed by atoms with E-state index in [2.05, 4.69) is 5.32 Å². The van der Waals surface area contributed by atoms with Gasteiger partial charge >= 0.3 is 41.6 Å². The zero-order valence-electron chi connectivity index (χ0n) is 9.45. The number of rotatable bonds is 4. The molecule has 0 aromatic heterocycles. The van der Waals surface area contributed by atoms with Crippen LogP contribution in [0.1, 0.15) is 6.92 Å². The number of nitro benzene ring substituents is 1. The van der Waals surface area contributed by atoms with Crippen molar-refractivity contribution in [1.29, 1.82) is 0 Å². The number of carbonyl (C=O) groups excluding carboxylic acids is 2. The molecule has 19 heavy (non-hydrogen) atoms. The van der Waals surface area contributed by atoms with E-state index in [1.807, 2.05) is 0 Å².